The molecule has 0 aromatic heterocycles. The Bertz CT molecular complexity index is 512. The van der Waals surface area contributed by atoms with Crippen molar-refractivity contribution in [1.82, 2.24) is 4.90 Å². The maximum atomic E-state index is 12.5. The van der Waals surface area contributed by atoms with E-state index in [4.69, 9.17) is 0 Å². The first-order valence-electron chi connectivity index (χ1n) is 8.65. The minimum atomic E-state index is 0.343. The van der Waals surface area contributed by atoms with Crippen molar-refractivity contribution in [2.75, 3.05) is 0 Å². The normalized spacial score (nSPS) is 36.3. The number of ketones is 1. The highest BCUT2D eigenvalue weighted by Crippen LogP contribution is 2.45. The number of carbonyl (C=O) groups excluding carboxylic acids is 1. The van der Waals surface area contributed by atoms with Crippen LogP contribution in [0.1, 0.15) is 50.5 Å². The van der Waals surface area contributed by atoms with Crippen LogP contribution in [0.15, 0.2) is 30.3 Å². The summed E-state index contributed by atoms with van der Waals surface area (Å²) in [5.74, 6) is 1.59. The standard InChI is InChI=1S/C19H25NO/c21-18-8-4-7-15-9-10-16-11-12-17(19(15)18)20(16)13-14-5-2-1-3-6-14/h1-3,5-6,15-17,19H,4,7-13H2/t15-,16-,17-,19+/m1/s1. The van der Waals surface area contributed by atoms with Crippen LogP contribution >= 0.6 is 0 Å². The molecule has 2 nitrogen and oxygen atoms in total. The van der Waals surface area contributed by atoms with Gasteiger partial charge in [0.1, 0.15) is 5.78 Å². The third-order valence-corrected chi connectivity index (χ3v) is 6.06. The van der Waals surface area contributed by atoms with E-state index >= 15 is 0 Å². The fourth-order valence-electron chi connectivity index (χ4n) is 5.11. The molecule has 2 heteroatoms. The Hall–Kier alpha value is -1.15. The van der Waals surface area contributed by atoms with Gasteiger partial charge in [-0.15, -0.1) is 0 Å². The summed E-state index contributed by atoms with van der Waals surface area (Å²) in [6, 6.07) is 12.0. The van der Waals surface area contributed by atoms with Crippen LogP contribution in [0, 0.1) is 11.8 Å². The summed E-state index contributed by atoms with van der Waals surface area (Å²) in [5, 5.41) is 0. The summed E-state index contributed by atoms with van der Waals surface area (Å²) < 4.78 is 0. The van der Waals surface area contributed by atoms with Crippen molar-refractivity contribution in [1.29, 1.82) is 0 Å². The van der Waals surface area contributed by atoms with Crippen molar-refractivity contribution in [2.24, 2.45) is 11.8 Å². The topological polar surface area (TPSA) is 20.3 Å². The molecule has 3 aliphatic rings. The molecule has 1 saturated carbocycles. The first kappa shape index (κ1) is 13.5. The van der Waals surface area contributed by atoms with E-state index in [0.717, 1.165) is 19.4 Å². The van der Waals surface area contributed by atoms with Gasteiger partial charge in [-0.05, 0) is 50.0 Å². The Morgan fingerprint density at radius 3 is 2.67 bits per heavy atom. The van der Waals surface area contributed by atoms with Gasteiger partial charge in [-0.1, -0.05) is 30.3 Å². The average Bonchev–Trinajstić information content (AvgIpc) is 2.80. The van der Waals surface area contributed by atoms with Crippen LogP contribution in [0.3, 0.4) is 0 Å². The largest absolute Gasteiger partial charge is 0.299 e. The van der Waals surface area contributed by atoms with Crippen LogP contribution in [0.25, 0.3) is 0 Å². The molecular formula is C19H25NO. The number of hydrogen-bond donors (Lipinski definition) is 0. The van der Waals surface area contributed by atoms with Gasteiger partial charge in [0, 0.05) is 31.0 Å². The summed E-state index contributed by atoms with van der Waals surface area (Å²) in [7, 11) is 0. The second-order valence-corrected chi connectivity index (χ2v) is 7.18. The van der Waals surface area contributed by atoms with Gasteiger partial charge in [0.05, 0.1) is 0 Å². The first-order valence-corrected chi connectivity index (χ1v) is 8.65. The van der Waals surface area contributed by atoms with E-state index in [9.17, 15) is 4.79 Å². The van der Waals surface area contributed by atoms with Crippen molar-refractivity contribution < 1.29 is 4.79 Å². The Labute approximate surface area is 127 Å². The van der Waals surface area contributed by atoms with Gasteiger partial charge < -0.3 is 0 Å². The summed E-state index contributed by atoms with van der Waals surface area (Å²) in [4.78, 5) is 15.2. The fourth-order valence-corrected chi connectivity index (χ4v) is 5.11. The van der Waals surface area contributed by atoms with Crippen molar-refractivity contribution in [3.63, 3.8) is 0 Å². The molecule has 1 aromatic rings. The van der Waals surface area contributed by atoms with E-state index in [1.54, 1.807) is 0 Å². The van der Waals surface area contributed by atoms with Gasteiger partial charge >= 0.3 is 0 Å². The molecule has 2 aliphatic heterocycles. The molecule has 1 aliphatic carbocycles. The molecule has 2 heterocycles. The maximum Gasteiger partial charge on any atom is 0.137 e. The zero-order chi connectivity index (χ0) is 14.2. The number of benzene rings is 1. The minimum Gasteiger partial charge on any atom is -0.299 e. The van der Waals surface area contributed by atoms with E-state index in [1.165, 1.54) is 37.7 Å². The number of nitrogens with zero attached hydrogens (tertiary/aromatic N) is 1. The number of rotatable bonds is 2. The lowest BCUT2D eigenvalue weighted by Crippen LogP contribution is -2.44. The summed E-state index contributed by atoms with van der Waals surface area (Å²) in [5.41, 5.74) is 1.40. The number of carbonyl (C=O) groups is 1. The zero-order valence-corrected chi connectivity index (χ0v) is 12.7. The van der Waals surface area contributed by atoms with Crippen LogP contribution in [0.5, 0.6) is 0 Å². The van der Waals surface area contributed by atoms with E-state index in [2.05, 4.69) is 35.2 Å². The number of hydrogen-bond acceptors (Lipinski definition) is 2. The molecule has 0 spiro atoms. The van der Waals surface area contributed by atoms with Crippen molar-refractivity contribution in [3.05, 3.63) is 35.9 Å². The molecule has 0 unspecified atom stereocenters. The Balaban J connectivity index is 1.60. The van der Waals surface area contributed by atoms with E-state index < -0.39 is 0 Å². The number of Topliss-reactive ketones (excluding diaryl/α,β-unsaturated/α-hetero) is 1. The quantitative estimate of drug-likeness (QED) is 0.823. The van der Waals surface area contributed by atoms with Crippen LogP contribution in [-0.4, -0.2) is 22.8 Å². The van der Waals surface area contributed by atoms with Gasteiger partial charge in [-0.3, -0.25) is 9.69 Å². The zero-order valence-electron chi connectivity index (χ0n) is 12.7. The van der Waals surface area contributed by atoms with Gasteiger partial charge in [-0.2, -0.15) is 0 Å². The SMILES string of the molecule is O=C1CCC[C@@H]2CC[C@@H]3CC[C@H]([C@@H]12)N3Cc1ccccc1. The predicted molar refractivity (Wildman–Crippen MR) is 83.9 cm³/mol. The second-order valence-electron chi connectivity index (χ2n) is 7.18. The molecular weight excluding hydrogens is 258 g/mol. The van der Waals surface area contributed by atoms with Crippen molar-refractivity contribution in [3.8, 4) is 0 Å². The van der Waals surface area contributed by atoms with E-state index in [-0.39, 0.29) is 0 Å². The van der Waals surface area contributed by atoms with Crippen LogP contribution in [-0.2, 0) is 11.3 Å². The molecule has 1 aromatic carbocycles. The summed E-state index contributed by atoms with van der Waals surface area (Å²) in [6.07, 6.45) is 8.38. The Kier molecular flexibility index (Phi) is 3.58. The molecule has 4 rings (SSSR count). The third kappa shape index (κ3) is 2.44. The average molecular weight is 283 g/mol. The molecule has 0 radical (unpaired) electrons. The Morgan fingerprint density at radius 2 is 1.81 bits per heavy atom. The van der Waals surface area contributed by atoms with Gasteiger partial charge in [-0.25, -0.2) is 0 Å². The molecule has 4 atom stereocenters. The molecule has 0 N–H and O–H groups in total. The minimum absolute atomic E-state index is 0.343. The van der Waals surface area contributed by atoms with Crippen molar-refractivity contribution in [2.45, 2.75) is 63.6 Å². The Morgan fingerprint density at radius 1 is 1.00 bits per heavy atom. The first-order chi connectivity index (χ1) is 10.3. The molecule has 2 bridgehead atoms. The molecule has 2 saturated heterocycles. The molecule has 112 valence electrons. The van der Waals surface area contributed by atoms with Crippen LogP contribution in [0.4, 0.5) is 0 Å². The predicted octanol–water partition coefficient (Wildman–Crippen LogP) is 3.80. The van der Waals surface area contributed by atoms with Gasteiger partial charge in [0.25, 0.3) is 0 Å². The maximum absolute atomic E-state index is 12.5. The number of fused-ring (bicyclic) bond motifs is 4. The molecule has 21 heavy (non-hydrogen) atoms. The fraction of sp³-hybridized carbons (Fsp3) is 0.632. The third-order valence-electron chi connectivity index (χ3n) is 6.06. The van der Waals surface area contributed by atoms with E-state index in [0.29, 0.717) is 29.7 Å². The van der Waals surface area contributed by atoms with Gasteiger partial charge in [0.2, 0.25) is 0 Å². The van der Waals surface area contributed by atoms with Gasteiger partial charge in [0.15, 0.2) is 0 Å². The second kappa shape index (κ2) is 5.57. The lowest BCUT2D eigenvalue weighted by molar-refractivity contribution is -0.129. The monoisotopic (exact) mass is 283 g/mol. The highest BCUT2D eigenvalue weighted by molar-refractivity contribution is 5.82. The highest BCUT2D eigenvalue weighted by atomic mass is 16.1. The van der Waals surface area contributed by atoms with Crippen LogP contribution < -0.4 is 0 Å². The lowest BCUT2D eigenvalue weighted by atomic mass is 9.71. The lowest BCUT2D eigenvalue weighted by Gasteiger charge is -2.37. The highest BCUT2D eigenvalue weighted by Gasteiger charge is 2.47. The molecule has 0 amide bonds. The smallest absolute Gasteiger partial charge is 0.137 e. The van der Waals surface area contributed by atoms with Crippen molar-refractivity contribution >= 4 is 5.78 Å². The summed E-state index contributed by atoms with van der Waals surface area (Å²) >= 11 is 0. The molecule has 3 fully saturated rings. The van der Waals surface area contributed by atoms with Crippen LogP contribution in [0.2, 0.25) is 0 Å². The summed E-state index contributed by atoms with van der Waals surface area (Å²) in [6.45, 7) is 1.03. The van der Waals surface area contributed by atoms with E-state index in [1.807, 2.05) is 0 Å².